The van der Waals surface area contributed by atoms with Crippen LogP contribution in [0.2, 0.25) is 0 Å². The van der Waals surface area contributed by atoms with Crippen molar-refractivity contribution in [2.45, 2.75) is 4.90 Å². The Balaban J connectivity index is 2.88. The number of hydrogen-bond acceptors (Lipinski definition) is 2. The SMILES string of the molecule is Sc1cc(Br)cc2cc(Br)sc12. The summed E-state index contributed by atoms with van der Waals surface area (Å²) in [5.41, 5.74) is 0. The molecule has 4 heteroatoms. The van der Waals surface area contributed by atoms with Gasteiger partial charge in [-0.2, -0.15) is 0 Å². The Bertz CT molecular complexity index is 434. The van der Waals surface area contributed by atoms with Crippen LogP contribution in [-0.2, 0) is 0 Å². The molecule has 12 heavy (non-hydrogen) atoms. The van der Waals surface area contributed by atoms with Gasteiger partial charge in [0.1, 0.15) is 0 Å². The van der Waals surface area contributed by atoms with Crippen molar-refractivity contribution in [2.24, 2.45) is 0 Å². The third kappa shape index (κ3) is 1.58. The molecule has 0 amide bonds. The molecule has 0 nitrogen and oxygen atoms in total. The van der Waals surface area contributed by atoms with E-state index in [1.165, 1.54) is 10.1 Å². The van der Waals surface area contributed by atoms with Crippen LogP contribution in [0.15, 0.2) is 31.4 Å². The summed E-state index contributed by atoms with van der Waals surface area (Å²) in [6.45, 7) is 0. The van der Waals surface area contributed by atoms with Crippen molar-refractivity contribution in [1.29, 1.82) is 0 Å². The maximum Gasteiger partial charge on any atom is 0.0711 e. The van der Waals surface area contributed by atoms with E-state index in [1.807, 2.05) is 6.07 Å². The molecule has 0 fully saturated rings. The van der Waals surface area contributed by atoms with Crippen molar-refractivity contribution >= 4 is 65.9 Å². The lowest BCUT2D eigenvalue weighted by Crippen LogP contribution is -1.67. The highest BCUT2D eigenvalue weighted by Gasteiger charge is 2.03. The minimum absolute atomic E-state index is 1.02. The number of hydrogen-bond donors (Lipinski definition) is 1. The number of halogens is 2. The van der Waals surface area contributed by atoms with Crippen molar-refractivity contribution in [2.75, 3.05) is 0 Å². The van der Waals surface area contributed by atoms with Crippen LogP contribution in [0.25, 0.3) is 10.1 Å². The molecular formula is C8H4Br2S2. The van der Waals surface area contributed by atoms with Gasteiger partial charge in [0.15, 0.2) is 0 Å². The van der Waals surface area contributed by atoms with E-state index in [1.54, 1.807) is 11.3 Å². The summed E-state index contributed by atoms with van der Waals surface area (Å²) in [7, 11) is 0. The van der Waals surface area contributed by atoms with E-state index in [0.29, 0.717) is 0 Å². The monoisotopic (exact) mass is 322 g/mol. The lowest BCUT2D eigenvalue weighted by atomic mass is 10.3. The molecule has 1 aromatic carbocycles. The molecule has 0 bridgehead atoms. The number of thiophene rings is 1. The predicted octanol–water partition coefficient (Wildman–Crippen LogP) is 4.72. The lowest BCUT2D eigenvalue weighted by Gasteiger charge is -1.95. The second kappa shape index (κ2) is 3.33. The molecule has 0 saturated carbocycles. The first-order valence-corrected chi connectivity index (χ1v) is 6.09. The average Bonchev–Trinajstić information content (AvgIpc) is 2.29. The molecule has 2 rings (SSSR count). The summed E-state index contributed by atoms with van der Waals surface area (Å²) < 4.78 is 3.45. The maximum absolute atomic E-state index is 4.39. The second-order valence-electron chi connectivity index (χ2n) is 2.39. The molecule has 0 N–H and O–H groups in total. The summed E-state index contributed by atoms with van der Waals surface area (Å²) in [4.78, 5) is 1.02. The van der Waals surface area contributed by atoms with E-state index in [9.17, 15) is 0 Å². The van der Waals surface area contributed by atoms with Crippen molar-refractivity contribution < 1.29 is 0 Å². The highest BCUT2D eigenvalue weighted by atomic mass is 79.9. The number of rotatable bonds is 0. The number of thiol groups is 1. The Morgan fingerprint density at radius 2 is 1.92 bits per heavy atom. The molecule has 0 spiro atoms. The van der Waals surface area contributed by atoms with E-state index >= 15 is 0 Å². The highest BCUT2D eigenvalue weighted by molar-refractivity contribution is 9.11. The third-order valence-electron chi connectivity index (χ3n) is 1.53. The predicted molar refractivity (Wildman–Crippen MR) is 64.5 cm³/mol. The molecular weight excluding hydrogens is 320 g/mol. The van der Waals surface area contributed by atoms with Gasteiger partial charge in [0.05, 0.1) is 3.79 Å². The fraction of sp³-hybridized carbons (Fsp3) is 0. The van der Waals surface area contributed by atoms with Gasteiger partial charge in [0, 0.05) is 14.1 Å². The van der Waals surface area contributed by atoms with Crippen LogP contribution in [0.5, 0.6) is 0 Å². The molecule has 0 unspecified atom stereocenters. The summed E-state index contributed by atoms with van der Waals surface area (Å²) in [6.07, 6.45) is 0. The first-order valence-electron chi connectivity index (χ1n) is 3.24. The van der Waals surface area contributed by atoms with Crippen molar-refractivity contribution in [1.82, 2.24) is 0 Å². The first-order chi connectivity index (χ1) is 5.66. The Kier molecular flexibility index (Phi) is 2.51. The molecule has 1 aromatic heterocycles. The molecule has 0 aliphatic carbocycles. The molecule has 0 saturated heterocycles. The maximum atomic E-state index is 4.39. The normalized spacial score (nSPS) is 10.9. The van der Waals surface area contributed by atoms with Gasteiger partial charge < -0.3 is 0 Å². The summed E-state index contributed by atoms with van der Waals surface area (Å²) in [5, 5.41) is 1.23. The van der Waals surface area contributed by atoms with Gasteiger partial charge in [-0.15, -0.1) is 24.0 Å². The van der Waals surface area contributed by atoms with Crippen molar-refractivity contribution in [3.05, 3.63) is 26.5 Å². The van der Waals surface area contributed by atoms with Crippen LogP contribution in [-0.4, -0.2) is 0 Å². The largest absolute Gasteiger partial charge is 0.142 e. The summed E-state index contributed by atoms with van der Waals surface area (Å²) >= 11 is 13.0. The molecule has 0 aliphatic rings. The van der Waals surface area contributed by atoms with Crippen LogP contribution >= 0.6 is 55.8 Å². The molecule has 0 radical (unpaired) electrons. The van der Waals surface area contributed by atoms with Gasteiger partial charge in [-0.25, -0.2) is 0 Å². The minimum Gasteiger partial charge on any atom is -0.142 e. The van der Waals surface area contributed by atoms with E-state index in [0.717, 1.165) is 13.2 Å². The lowest BCUT2D eigenvalue weighted by molar-refractivity contribution is 1.57. The van der Waals surface area contributed by atoms with E-state index in [4.69, 9.17) is 0 Å². The molecule has 62 valence electrons. The van der Waals surface area contributed by atoms with E-state index in [2.05, 4.69) is 56.6 Å². The Morgan fingerprint density at radius 1 is 1.17 bits per heavy atom. The third-order valence-corrected chi connectivity index (χ3v) is 4.18. The summed E-state index contributed by atoms with van der Waals surface area (Å²) in [5.74, 6) is 0. The Hall–Kier alpha value is 0.490. The minimum atomic E-state index is 1.02. The standard InChI is InChI=1S/C8H4Br2S2/c9-5-1-4-2-7(10)12-8(4)6(11)3-5/h1-3,11H. The fourth-order valence-corrected chi connectivity index (χ4v) is 3.64. The van der Waals surface area contributed by atoms with Crippen LogP contribution in [0, 0.1) is 0 Å². The molecule has 0 aliphatic heterocycles. The Labute approximate surface area is 96.6 Å². The van der Waals surface area contributed by atoms with Gasteiger partial charge in [0.2, 0.25) is 0 Å². The topological polar surface area (TPSA) is 0 Å². The first kappa shape index (κ1) is 9.06. The van der Waals surface area contributed by atoms with E-state index in [-0.39, 0.29) is 0 Å². The average molecular weight is 324 g/mol. The quantitative estimate of drug-likeness (QED) is 0.667. The van der Waals surface area contributed by atoms with Gasteiger partial charge in [0.25, 0.3) is 0 Å². The van der Waals surface area contributed by atoms with Gasteiger partial charge in [-0.05, 0) is 39.5 Å². The summed E-state index contributed by atoms with van der Waals surface area (Å²) in [6, 6.07) is 6.20. The fourth-order valence-electron chi connectivity index (χ4n) is 1.07. The van der Waals surface area contributed by atoms with Gasteiger partial charge >= 0.3 is 0 Å². The second-order valence-corrected chi connectivity index (χ2v) is 6.22. The highest BCUT2D eigenvalue weighted by Crippen LogP contribution is 2.35. The Morgan fingerprint density at radius 3 is 2.67 bits per heavy atom. The zero-order valence-corrected chi connectivity index (χ0v) is 10.7. The van der Waals surface area contributed by atoms with Crippen molar-refractivity contribution in [3.63, 3.8) is 0 Å². The van der Waals surface area contributed by atoms with Gasteiger partial charge in [-0.3, -0.25) is 0 Å². The van der Waals surface area contributed by atoms with Crippen LogP contribution in [0.1, 0.15) is 0 Å². The molecule has 0 atom stereocenters. The zero-order chi connectivity index (χ0) is 8.72. The smallest absolute Gasteiger partial charge is 0.0711 e. The van der Waals surface area contributed by atoms with Crippen LogP contribution in [0.4, 0.5) is 0 Å². The number of benzene rings is 1. The van der Waals surface area contributed by atoms with Crippen molar-refractivity contribution in [3.8, 4) is 0 Å². The van der Waals surface area contributed by atoms with Crippen LogP contribution in [0.3, 0.4) is 0 Å². The molecule has 1 heterocycles. The van der Waals surface area contributed by atoms with Crippen LogP contribution < -0.4 is 0 Å². The number of fused-ring (bicyclic) bond motifs is 1. The van der Waals surface area contributed by atoms with E-state index < -0.39 is 0 Å². The molecule has 2 aromatic rings. The van der Waals surface area contributed by atoms with Gasteiger partial charge in [-0.1, -0.05) is 15.9 Å². The zero-order valence-electron chi connectivity index (χ0n) is 5.84.